The molecule has 1 aliphatic rings. The van der Waals surface area contributed by atoms with Crippen LogP contribution in [-0.2, 0) is 0 Å². The van der Waals surface area contributed by atoms with Gasteiger partial charge in [-0.2, -0.15) is 0 Å². The largest absolute Gasteiger partial charge is 0.459 e. The van der Waals surface area contributed by atoms with Crippen LogP contribution in [0.5, 0.6) is 0 Å². The van der Waals surface area contributed by atoms with Crippen molar-refractivity contribution in [1.82, 2.24) is 5.32 Å². The molecule has 2 heteroatoms. The highest BCUT2D eigenvalue weighted by molar-refractivity contribution is 5.81. The minimum absolute atomic E-state index is 0.319. The van der Waals surface area contributed by atoms with Crippen LogP contribution in [0.3, 0.4) is 0 Å². The third-order valence-corrected chi connectivity index (χ3v) is 5.12. The molecule has 0 radical (unpaired) electrons. The zero-order valence-electron chi connectivity index (χ0n) is 13.0. The van der Waals surface area contributed by atoms with Crippen LogP contribution in [-0.4, -0.2) is 7.05 Å². The summed E-state index contributed by atoms with van der Waals surface area (Å²) < 4.78 is 6.20. The van der Waals surface area contributed by atoms with E-state index in [-0.39, 0.29) is 0 Å². The SMILES string of the molecule is CNC(c1cc2cccc(C)c2o1)C1CCCC1(C)C. The van der Waals surface area contributed by atoms with Gasteiger partial charge in [0.1, 0.15) is 11.3 Å². The summed E-state index contributed by atoms with van der Waals surface area (Å²) >= 11 is 0. The fourth-order valence-corrected chi connectivity index (χ4v) is 3.90. The quantitative estimate of drug-likeness (QED) is 0.865. The molecule has 108 valence electrons. The number of hydrogen-bond donors (Lipinski definition) is 1. The number of nitrogens with one attached hydrogen (secondary N) is 1. The number of benzene rings is 1. The molecule has 3 rings (SSSR count). The summed E-state index contributed by atoms with van der Waals surface area (Å²) in [4.78, 5) is 0. The van der Waals surface area contributed by atoms with Crippen LogP contribution in [0.1, 0.15) is 50.5 Å². The number of para-hydroxylation sites is 1. The molecule has 0 saturated heterocycles. The Morgan fingerprint density at radius 1 is 1.35 bits per heavy atom. The van der Waals surface area contributed by atoms with Crippen molar-refractivity contribution in [3.8, 4) is 0 Å². The Morgan fingerprint density at radius 3 is 2.75 bits per heavy atom. The van der Waals surface area contributed by atoms with Crippen molar-refractivity contribution in [3.63, 3.8) is 0 Å². The average molecular weight is 271 g/mol. The second-order valence-corrected chi connectivity index (χ2v) is 6.90. The summed E-state index contributed by atoms with van der Waals surface area (Å²) in [7, 11) is 2.05. The first-order valence-electron chi connectivity index (χ1n) is 7.69. The van der Waals surface area contributed by atoms with Gasteiger partial charge in [0, 0.05) is 5.39 Å². The smallest absolute Gasteiger partial charge is 0.137 e. The maximum atomic E-state index is 6.20. The van der Waals surface area contributed by atoms with Gasteiger partial charge >= 0.3 is 0 Å². The topological polar surface area (TPSA) is 25.2 Å². The van der Waals surface area contributed by atoms with Crippen molar-refractivity contribution in [2.75, 3.05) is 7.05 Å². The maximum Gasteiger partial charge on any atom is 0.137 e. The standard InChI is InChI=1S/C18H25NO/c1-12-7-5-8-13-11-15(20-17(12)13)16(19-4)14-9-6-10-18(14,2)3/h5,7-8,11,14,16,19H,6,9-10H2,1-4H3. The molecule has 1 saturated carbocycles. The van der Waals surface area contributed by atoms with Crippen LogP contribution < -0.4 is 5.32 Å². The van der Waals surface area contributed by atoms with Gasteiger partial charge in [-0.1, -0.05) is 38.5 Å². The van der Waals surface area contributed by atoms with Crippen LogP contribution >= 0.6 is 0 Å². The number of aryl methyl sites for hydroxylation is 1. The van der Waals surface area contributed by atoms with E-state index in [0.29, 0.717) is 17.4 Å². The molecule has 2 unspecified atom stereocenters. The normalized spacial score (nSPS) is 23.3. The van der Waals surface area contributed by atoms with E-state index in [1.165, 1.54) is 30.2 Å². The van der Waals surface area contributed by atoms with Gasteiger partial charge in [-0.25, -0.2) is 0 Å². The number of hydrogen-bond acceptors (Lipinski definition) is 2. The van der Waals surface area contributed by atoms with E-state index in [2.05, 4.69) is 57.4 Å². The molecule has 1 aliphatic carbocycles. The van der Waals surface area contributed by atoms with Gasteiger partial charge in [0.2, 0.25) is 0 Å². The summed E-state index contributed by atoms with van der Waals surface area (Å²) in [6.45, 7) is 6.90. The van der Waals surface area contributed by atoms with E-state index in [0.717, 1.165) is 11.3 Å². The third-order valence-electron chi connectivity index (χ3n) is 5.12. The van der Waals surface area contributed by atoms with E-state index >= 15 is 0 Å². The average Bonchev–Trinajstić information content (AvgIpc) is 2.96. The lowest BCUT2D eigenvalue weighted by molar-refractivity contribution is 0.188. The molecule has 1 N–H and O–H groups in total. The number of furan rings is 1. The Kier molecular flexibility index (Phi) is 3.37. The zero-order chi connectivity index (χ0) is 14.3. The molecule has 1 aromatic heterocycles. The second kappa shape index (κ2) is 4.92. The van der Waals surface area contributed by atoms with Crippen LogP contribution in [0.15, 0.2) is 28.7 Å². The Balaban J connectivity index is 2.01. The predicted molar refractivity (Wildman–Crippen MR) is 83.9 cm³/mol. The van der Waals surface area contributed by atoms with E-state index in [9.17, 15) is 0 Å². The molecule has 2 atom stereocenters. The first kappa shape index (κ1) is 13.7. The summed E-state index contributed by atoms with van der Waals surface area (Å²) in [6, 6.07) is 8.90. The molecule has 1 heterocycles. The lowest BCUT2D eigenvalue weighted by atomic mass is 9.77. The Hall–Kier alpha value is -1.28. The molecule has 1 aromatic carbocycles. The van der Waals surface area contributed by atoms with Crippen LogP contribution in [0, 0.1) is 18.3 Å². The van der Waals surface area contributed by atoms with Crippen molar-refractivity contribution < 1.29 is 4.42 Å². The summed E-state index contributed by atoms with van der Waals surface area (Å²) in [5.41, 5.74) is 2.65. The highest BCUT2D eigenvalue weighted by atomic mass is 16.3. The van der Waals surface area contributed by atoms with Crippen molar-refractivity contribution in [2.45, 2.75) is 46.1 Å². The first-order valence-corrected chi connectivity index (χ1v) is 7.69. The van der Waals surface area contributed by atoms with Crippen molar-refractivity contribution >= 4 is 11.0 Å². The molecular formula is C18H25NO. The maximum absolute atomic E-state index is 6.20. The van der Waals surface area contributed by atoms with Crippen LogP contribution in [0.25, 0.3) is 11.0 Å². The molecule has 0 aliphatic heterocycles. The van der Waals surface area contributed by atoms with E-state index < -0.39 is 0 Å². The molecule has 0 spiro atoms. The fourth-order valence-electron chi connectivity index (χ4n) is 3.90. The summed E-state index contributed by atoms with van der Waals surface area (Å²) in [5.74, 6) is 1.74. The molecular weight excluding hydrogens is 246 g/mol. The fraction of sp³-hybridized carbons (Fsp3) is 0.556. The Morgan fingerprint density at radius 2 is 2.15 bits per heavy atom. The zero-order valence-corrected chi connectivity index (χ0v) is 13.0. The van der Waals surface area contributed by atoms with Gasteiger partial charge in [-0.3, -0.25) is 0 Å². The van der Waals surface area contributed by atoms with Gasteiger partial charge < -0.3 is 9.73 Å². The molecule has 2 nitrogen and oxygen atoms in total. The third kappa shape index (κ3) is 2.16. The highest BCUT2D eigenvalue weighted by Gasteiger charge is 2.40. The van der Waals surface area contributed by atoms with Gasteiger partial charge in [0.25, 0.3) is 0 Å². The first-order chi connectivity index (χ1) is 9.53. The highest BCUT2D eigenvalue weighted by Crippen LogP contribution is 2.49. The van der Waals surface area contributed by atoms with Crippen molar-refractivity contribution in [1.29, 1.82) is 0 Å². The monoisotopic (exact) mass is 271 g/mol. The minimum atomic E-state index is 0.319. The molecule has 0 amide bonds. The van der Waals surface area contributed by atoms with Crippen LogP contribution in [0.4, 0.5) is 0 Å². The van der Waals surface area contributed by atoms with Gasteiger partial charge in [-0.05, 0) is 49.8 Å². The Bertz CT molecular complexity index is 611. The van der Waals surface area contributed by atoms with Gasteiger partial charge in [0.15, 0.2) is 0 Å². The Labute approximate surface area is 121 Å². The summed E-state index contributed by atoms with van der Waals surface area (Å²) in [5, 5.41) is 4.72. The van der Waals surface area contributed by atoms with Crippen molar-refractivity contribution in [3.05, 3.63) is 35.6 Å². The minimum Gasteiger partial charge on any atom is -0.459 e. The van der Waals surface area contributed by atoms with Crippen molar-refractivity contribution in [2.24, 2.45) is 11.3 Å². The molecule has 1 fully saturated rings. The number of rotatable bonds is 3. The molecule has 2 aromatic rings. The summed E-state index contributed by atoms with van der Waals surface area (Å²) in [6.07, 6.45) is 3.93. The van der Waals surface area contributed by atoms with Gasteiger partial charge in [0.05, 0.1) is 6.04 Å². The van der Waals surface area contributed by atoms with Crippen LogP contribution in [0.2, 0.25) is 0 Å². The second-order valence-electron chi connectivity index (χ2n) is 6.90. The van der Waals surface area contributed by atoms with Gasteiger partial charge in [-0.15, -0.1) is 0 Å². The lowest BCUT2D eigenvalue weighted by Crippen LogP contribution is -2.31. The van der Waals surface area contributed by atoms with E-state index in [1.807, 2.05) is 0 Å². The lowest BCUT2D eigenvalue weighted by Gasteiger charge is -2.32. The molecule has 20 heavy (non-hydrogen) atoms. The predicted octanol–water partition coefficient (Wildman–Crippen LogP) is 4.83. The van der Waals surface area contributed by atoms with E-state index in [1.54, 1.807) is 0 Å². The van der Waals surface area contributed by atoms with E-state index in [4.69, 9.17) is 4.42 Å². The number of fused-ring (bicyclic) bond motifs is 1. The molecule has 0 bridgehead atoms.